The second kappa shape index (κ2) is 7.91. The molecule has 0 saturated heterocycles. The first kappa shape index (κ1) is 20.7. The Hall–Kier alpha value is -3.60. The van der Waals surface area contributed by atoms with E-state index in [2.05, 4.69) is 42.9 Å². The minimum Gasteiger partial charge on any atom is -0.504 e. The molecule has 4 aromatic rings. The van der Waals surface area contributed by atoms with Gasteiger partial charge >= 0.3 is 0 Å². The molecule has 31 heavy (non-hydrogen) atoms. The van der Waals surface area contributed by atoms with Crippen molar-refractivity contribution in [1.29, 1.82) is 0 Å². The van der Waals surface area contributed by atoms with Crippen LogP contribution in [0.25, 0.3) is 22.3 Å². The second-order valence-corrected chi connectivity index (χ2v) is 8.56. The summed E-state index contributed by atoms with van der Waals surface area (Å²) in [6.45, 7) is 8.59. The van der Waals surface area contributed by atoms with Gasteiger partial charge in [-0.15, -0.1) is 0 Å². The van der Waals surface area contributed by atoms with Crippen molar-refractivity contribution in [2.24, 2.45) is 0 Å². The summed E-state index contributed by atoms with van der Waals surface area (Å²) in [7, 11) is 1.51. The maximum absolute atomic E-state index is 10.6. The molecule has 3 aromatic carbocycles. The Labute approximate surface area is 182 Å². The fraction of sp³-hybridized carbons (Fsp3) is 0.231. The van der Waals surface area contributed by atoms with Crippen LogP contribution in [0.3, 0.4) is 0 Å². The molecular formula is C26H26N2O3. The predicted octanol–water partition coefficient (Wildman–Crippen LogP) is 6.41. The number of benzene rings is 3. The number of para-hydroxylation sites is 2. The van der Waals surface area contributed by atoms with E-state index >= 15 is 0 Å². The molecule has 0 aliphatic heterocycles. The fourth-order valence-electron chi connectivity index (χ4n) is 3.45. The maximum atomic E-state index is 10.6. The molecule has 1 heterocycles. The molecule has 0 aliphatic rings. The number of aromatic hydroxyl groups is 1. The number of aryl methyl sites for hydroxylation is 1. The van der Waals surface area contributed by atoms with Gasteiger partial charge in [0.05, 0.1) is 23.6 Å². The van der Waals surface area contributed by atoms with Gasteiger partial charge in [-0.1, -0.05) is 51.1 Å². The number of phenols is 1. The average molecular weight is 415 g/mol. The van der Waals surface area contributed by atoms with Gasteiger partial charge in [0.1, 0.15) is 5.75 Å². The topological polar surface area (TPSA) is 64.5 Å². The third kappa shape index (κ3) is 4.04. The number of phenolic OH excluding ortho intramolecular Hbond substituents is 1. The number of fused-ring (bicyclic) bond motifs is 1. The van der Waals surface area contributed by atoms with Crippen LogP contribution < -0.4 is 9.47 Å². The van der Waals surface area contributed by atoms with Crippen LogP contribution in [0.2, 0.25) is 0 Å². The lowest BCUT2D eigenvalue weighted by molar-refractivity contribution is 0.374. The van der Waals surface area contributed by atoms with E-state index < -0.39 is 0 Å². The zero-order chi connectivity index (χ0) is 22.2. The molecule has 1 aromatic heterocycles. The van der Waals surface area contributed by atoms with Crippen LogP contribution in [0, 0.1) is 6.92 Å². The number of aromatic nitrogens is 2. The van der Waals surface area contributed by atoms with Crippen molar-refractivity contribution in [2.75, 3.05) is 7.11 Å². The minimum absolute atomic E-state index is 0.00283. The van der Waals surface area contributed by atoms with Crippen LogP contribution in [-0.2, 0) is 5.41 Å². The van der Waals surface area contributed by atoms with Gasteiger partial charge in [0.2, 0.25) is 5.88 Å². The molecule has 4 rings (SSSR count). The number of nitrogens with zero attached hydrogens (tertiary/aromatic N) is 2. The molecule has 0 amide bonds. The molecule has 0 radical (unpaired) electrons. The van der Waals surface area contributed by atoms with E-state index in [1.807, 2.05) is 37.3 Å². The van der Waals surface area contributed by atoms with Crippen molar-refractivity contribution in [3.8, 4) is 34.5 Å². The molecule has 0 aliphatic carbocycles. The van der Waals surface area contributed by atoms with Crippen molar-refractivity contribution in [2.45, 2.75) is 33.1 Å². The summed E-state index contributed by atoms with van der Waals surface area (Å²) in [4.78, 5) is 9.31. The Kier molecular flexibility index (Phi) is 5.27. The summed E-state index contributed by atoms with van der Waals surface area (Å²) >= 11 is 0. The number of methoxy groups -OCH3 is 1. The van der Waals surface area contributed by atoms with E-state index in [0.29, 0.717) is 23.0 Å². The van der Waals surface area contributed by atoms with Gasteiger partial charge in [0.25, 0.3) is 0 Å². The van der Waals surface area contributed by atoms with E-state index in [4.69, 9.17) is 9.47 Å². The molecule has 0 spiro atoms. The van der Waals surface area contributed by atoms with Gasteiger partial charge in [-0.25, -0.2) is 4.98 Å². The predicted molar refractivity (Wildman–Crippen MR) is 123 cm³/mol. The van der Waals surface area contributed by atoms with E-state index in [9.17, 15) is 5.11 Å². The highest BCUT2D eigenvalue weighted by molar-refractivity contribution is 5.86. The summed E-state index contributed by atoms with van der Waals surface area (Å²) in [5, 5.41) is 11.4. The van der Waals surface area contributed by atoms with Gasteiger partial charge in [0, 0.05) is 0 Å². The van der Waals surface area contributed by atoms with Gasteiger partial charge in [-0.2, -0.15) is 4.98 Å². The highest BCUT2D eigenvalue weighted by Gasteiger charge is 2.18. The number of rotatable bonds is 4. The average Bonchev–Trinajstić information content (AvgIpc) is 2.74. The van der Waals surface area contributed by atoms with Crippen LogP contribution in [-0.4, -0.2) is 22.2 Å². The lowest BCUT2D eigenvalue weighted by Crippen LogP contribution is -2.11. The quantitative estimate of drug-likeness (QED) is 0.418. The van der Waals surface area contributed by atoms with Crippen LogP contribution in [0.1, 0.15) is 31.9 Å². The van der Waals surface area contributed by atoms with Gasteiger partial charge in [-0.05, 0) is 53.8 Å². The van der Waals surface area contributed by atoms with E-state index in [1.54, 1.807) is 18.2 Å². The van der Waals surface area contributed by atoms with Gasteiger partial charge in [-0.3, -0.25) is 0 Å². The third-order valence-electron chi connectivity index (χ3n) is 5.28. The van der Waals surface area contributed by atoms with Crippen molar-refractivity contribution in [1.82, 2.24) is 9.97 Å². The lowest BCUT2D eigenvalue weighted by atomic mass is 9.86. The monoisotopic (exact) mass is 414 g/mol. The zero-order valence-electron chi connectivity index (χ0n) is 18.4. The van der Waals surface area contributed by atoms with Gasteiger partial charge < -0.3 is 14.6 Å². The molecule has 0 fully saturated rings. The summed E-state index contributed by atoms with van der Waals surface area (Å²) in [6.07, 6.45) is 0. The first-order valence-corrected chi connectivity index (χ1v) is 10.2. The van der Waals surface area contributed by atoms with Crippen LogP contribution in [0.15, 0.2) is 60.7 Å². The Bertz CT molecular complexity index is 1260. The van der Waals surface area contributed by atoms with E-state index in [-0.39, 0.29) is 11.2 Å². The SMILES string of the molecule is COc1cccc(-c2nc(Oc3ccc(C(C)(C)C)cc3C)c3ccccc3n2)c1O. The number of hydrogen-bond donors (Lipinski definition) is 1. The van der Waals surface area contributed by atoms with E-state index in [0.717, 1.165) is 22.2 Å². The van der Waals surface area contributed by atoms with Crippen LogP contribution in [0.5, 0.6) is 23.1 Å². The maximum Gasteiger partial charge on any atom is 0.230 e. The largest absolute Gasteiger partial charge is 0.504 e. The second-order valence-electron chi connectivity index (χ2n) is 8.56. The number of ether oxygens (including phenoxy) is 2. The van der Waals surface area contributed by atoms with Crippen molar-refractivity contribution in [3.63, 3.8) is 0 Å². The molecule has 0 unspecified atom stereocenters. The Morgan fingerprint density at radius 2 is 1.65 bits per heavy atom. The minimum atomic E-state index is -0.00283. The van der Waals surface area contributed by atoms with Gasteiger partial charge in [0.15, 0.2) is 17.3 Å². The highest BCUT2D eigenvalue weighted by atomic mass is 16.5. The molecular weight excluding hydrogens is 388 g/mol. The molecule has 1 N–H and O–H groups in total. The summed E-state index contributed by atoms with van der Waals surface area (Å²) in [6, 6.07) is 19.1. The number of hydrogen-bond acceptors (Lipinski definition) is 5. The molecule has 0 atom stereocenters. The molecule has 0 bridgehead atoms. The first-order valence-electron chi connectivity index (χ1n) is 10.2. The van der Waals surface area contributed by atoms with Crippen LogP contribution in [0.4, 0.5) is 0 Å². The first-order chi connectivity index (χ1) is 14.8. The normalized spacial score (nSPS) is 11.5. The molecule has 5 nitrogen and oxygen atoms in total. The summed E-state index contributed by atoms with van der Waals surface area (Å²) in [5.74, 6) is 1.91. The Balaban J connectivity index is 1.83. The standard InChI is InChI=1S/C26H26N2O3/c1-16-15-17(26(2,3)4)13-14-21(16)31-25-18-9-6-7-11-20(18)27-24(28-25)19-10-8-12-22(30-5)23(19)29/h6-15,29H,1-5H3. The summed E-state index contributed by atoms with van der Waals surface area (Å²) < 4.78 is 11.5. The molecule has 158 valence electrons. The molecule has 0 saturated carbocycles. The molecule has 5 heteroatoms. The van der Waals surface area contributed by atoms with Crippen molar-refractivity contribution < 1.29 is 14.6 Å². The Morgan fingerprint density at radius 3 is 2.35 bits per heavy atom. The third-order valence-corrected chi connectivity index (χ3v) is 5.28. The smallest absolute Gasteiger partial charge is 0.230 e. The highest BCUT2D eigenvalue weighted by Crippen LogP contribution is 2.38. The van der Waals surface area contributed by atoms with E-state index in [1.165, 1.54) is 12.7 Å². The zero-order valence-corrected chi connectivity index (χ0v) is 18.4. The van der Waals surface area contributed by atoms with Crippen molar-refractivity contribution in [3.05, 3.63) is 71.8 Å². The van der Waals surface area contributed by atoms with Crippen molar-refractivity contribution >= 4 is 10.9 Å². The summed E-state index contributed by atoms with van der Waals surface area (Å²) in [5.41, 5.74) is 3.54. The lowest BCUT2D eigenvalue weighted by Gasteiger charge is -2.20. The Morgan fingerprint density at radius 1 is 0.871 bits per heavy atom. The fourth-order valence-corrected chi connectivity index (χ4v) is 3.45. The van der Waals surface area contributed by atoms with Crippen LogP contribution >= 0.6 is 0 Å².